The molecular weight excluding hydrogens is 454 g/mol. The van der Waals surface area contributed by atoms with Gasteiger partial charge < -0.3 is 0 Å². The van der Waals surface area contributed by atoms with Crippen molar-refractivity contribution in [3.8, 4) is 0 Å². The average molecular weight is 483 g/mol. The highest BCUT2D eigenvalue weighted by atomic mass is 19.2. The molecule has 0 bridgehead atoms. The maximum atomic E-state index is 14.0. The van der Waals surface area contributed by atoms with Crippen LogP contribution >= 0.6 is 0 Å². The van der Waals surface area contributed by atoms with Crippen LogP contribution in [-0.2, 0) is 4.79 Å². The van der Waals surface area contributed by atoms with Gasteiger partial charge in [-0.2, -0.15) is 0 Å². The monoisotopic (exact) mass is 482 g/mol. The Kier molecular flexibility index (Phi) is 7.68. The molecule has 2 saturated carbocycles. The Labute approximate surface area is 195 Å². The topological polar surface area (TPSA) is 17.1 Å². The van der Waals surface area contributed by atoms with Gasteiger partial charge in [-0.1, -0.05) is 25.7 Å². The highest BCUT2D eigenvalue weighted by molar-refractivity contribution is 5.80. The van der Waals surface area contributed by atoms with E-state index >= 15 is 0 Å². The first-order valence-corrected chi connectivity index (χ1v) is 12.0. The van der Waals surface area contributed by atoms with E-state index < -0.39 is 46.7 Å². The van der Waals surface area contributed by atoms with E-state index in [9.17, 15) is 31.1 Å². The first-order chi connectivity index (χ1) is 16.2. The molecule has 0 amide bonds. The predicted molar refractivity (Wildman–Crippen MR) is 116 cm³/mol. The van der Waals surface area contributed by atoms with Crippen molar-refractivity contribution in [3.63, 3.8) is 0 Å². The van der Waals surface area contributed by atoms with Crippen molar-refractivity contribution in [1.82, 2.24) is 0 Å². The molecule has 0 spiro atoms. The fourth-order valence-corrected chi connectivity index (χ4v) is 5.99. The van der Waals surface area contributed by atoms with Gasteiger partial charge >= 0.3 is 0 Å². The minimum Gasteiger partial charge on any atom is -0.300 e. The lowest BCUT2D eigenvalue weighted by Crippen LogP contribution is -2.20. The molecule has 0 radical (unpaired) electrons. The number of benzene rings is 2. The molecular formula is C27H28F6O. The largest absolute Gasteiger partial charge is 0.300 e. The molecule has 0 unspecified atom stereocenters. The number of halogens is 6. The van der Waals surface area contributed by atoms with Gasteiger partial charge in [-0.25, -0.2) is 26.3 Å². The second kappa shape index (κ2) is 10.5. The molecule has 2 fully saturated rings. The standard InChI is InChI=1S/C27H28F6O/c28-22-9-17(10-23(29)26(22)32)20(15-5-1-2-6-15)13-19(34)14-21(16-7-3-4-8-16)18-11-24(30)27(33)25(31)12-18/h9-12,15-16,20-21H,1-8,13-14H2/t20-,21-/m1/s1. The molecule has 7 heteroatoms. The molecule has 0 aliphatic heterocycles. The van der Waals surface area contributed by atoms with Crippen molar-refractivity contribution in [3.05, 3.63) is 70.3 Å². The third-order valence-electron chi connectivity index (χ3n) is 7.70. The molecule has 4 rings (SSSR count). The van der Waals surface area contributed by atoms with Crippen molar-refractivity contribution in [1.29, 1.82) is 0 Å². The maximum absolute atomic E-state index is 14.0. The minimum atomic E-state index is -1.54. The Morgan fingerprint density at radius 1 is 0.618 bits per heavy atom. The van der Waals surface area contributed by atoms with Crippen LogP contribution in [0.4, 0.5) is 26.3 Å². The molecule has 2 atom stereocenters. The number of hydrogen-bond donors (Lipinski definition) is 0. The van der Waals surface area contributed by atoms with Gasteiger partial charge in [0.25, 0.3) is 0 Å². The SMILES string of the molecule is O=C(C[C@@H](c1cc(F)c(F)c(F)c1)C1CCCC1)C[C@@H](c1cc(F)c(F)c(F)c1)C1CCCC1. The second-order valence-corrected chi connectivity index (χ2v) is 9.85. The Morgan fingerprint density at radius 3 is 1.21 bits per heavy atom. The molecule has 2 aromatic carbocycles. The Morgan fingerprint density at radius 2 is 0.912 bits per heavy atom. The van der Waals surface area contributed by atoms with Gasteiger partial charge in [0.05, 0.1) is 0 Å². The van der Waals surface area contributed by atoms with Crippen LogP contribution in [0.2, 0.25) is 0 Å². The predicted octanol–water partition coefficient (Wildman–Crippen LogP) is 8.12. The molecule has 1 nitrogen and oxygen atoms in total. The number of hydrogen-bond acceptors (Lipinski definition) is 1. The zero-order valence-electron chi connectivity index (χ0n) is 18.9. The summed E-state index contributed by atoms with van der Waals surface area (Å²) in [5, 5.41) is 0. The molecule has 184 valence electrons. The van der Waals surface area contributed by atoms with Crippen molar-refractivity contribution in [2.75, 3.05) is 0 Å². The van der Waals surface area contributed by atoms with E-state index in [-0.39, 0.29) is 41.6 Å². The number of Topliss-reactive ketones (excluding diaryl/α,β-unsaturated/α-hetero) is 1. The van der Waals surface area contributed by atoms with E-state index in [2.05, 4.69) is 0 Å². The molecule has 2 aliphatic carbocycles. The lowest BCUT2D eigenvalue weighted by Gasteiger charge is -2.27. The smallest absolute Gasteiger partial charge is 0.194 e. The zero-order chi connectivity index (χ0) is 24.4. The van der Waals surface area contributed by atoms with E-state index in [1.165, 1.54) is 0 Å². The van der Waals surface area contributed by atoms with Crippen LogP contribution in [0.1, 0.15) is 87.2 Å². The van der Waals surface area contributed by atoms with E-state index in [1.54, 1.807) is 0 Å². The third kappa shape index (κ3) is 5.33. The van der Waals surface area contributed by atoms with E-state index in [0.29, 0.717) is 0 Å². The number of ketones is 1. The van der Waals surface area contributed by atoms with Crippen LogP contribution in [0, 0.1) is 46.7 Å². The second-order valence-electron chi connectivity index (χ2n) is 9.85. The summed E-state index contributed by atoms with van der Waals surface area (Å²) in [6, 6.07) is 3.86. The first-order valence-electron chi connectivity index (χ1n) is 12.0. The summed E-state index contributed by atoms with van der Waals surface area (Å²) in [6.45, 7) is 0. The van der Waals surface area contributed by atoms with Crippen LogP contribution in [-0.4, -0.2) is 5.78 Å². The lowest BCUT2D eigenvalue weighted by molar-refractivity contribution is -0.120. The first kappa shape index (κ1) is 24.8. The van der Waals surface area contributed by atoms with Crippen molar-refractivity contribution >= 4 is 5.78 Å². The van der Waals surface area contributed by atoms with Crippen LogP contribution in [0.15, 0.2) is 24.3 Å². The Bertz CT molecular complexity index is 912. The van der Waals surface area contributed by atoms with Crippen LogP contribution in [0.25, 0.3) is 0 Å². The summed E-state index contributed by atoms with van der Waals surface area (Å²) in [7, 11) is 0. The summed E-state index contributed by atoms with van der Waals surface area (Å²) in [4.78, 5) is 13.3. The van der Waals surface area contributed by atoms with E-state index in [1.807, 2.05) is 0 Å². The van der Waals surface area contributed by atoms with Gasteiger partial charge in [-0.05, 0) is 84.7 Å². The molecule has 34 heavy (non-hydrogen) atoms. The molecule has 0 N–H and O–H groups in total. The fourth-order valence-electron chi connectivity index (χ4n) is 5.99. The molecule has 2 aromatic rings. The van der Waals surface area contributed by atoms with Gasteiger partial charge in [0, 0.05) is 12.8 Å². The van der Waals surface area contributed by atoms with Gasteiger partial charge in [0.2, 0.25) is 0 Å². The van der Waals surface area contributed by atoms with E-state index in [0.717, 1.165) is 75.6 Å². The number of carbonyl (C=O) groups excluding carboxylic acids is 1. The fraction of sp³-hybridized carbons (Fsp3) is 0.519. The molecule has 0 aromatic heterocycles. The summed E-state index contributed by atoms with van der Waals surface area (Å²) >= 11 is 0. The molecule has 0 saturated heterocycles. The normalized spacial score (nSPS) is 19.0. The van der Waals surface area contributed by atoms with E-state index in [4.69, 9.17) is 0 Å². The molecule has 0 heterocycles. The summed E-state index contributed by atoms with van der Waals surface area (Å²) < 4.78 is 82.9. The summed E-state index contributed by atoms with van der Waals surface area (Å²) in [5.74, 6) is -9.27. The van der Waals surface area contributed by atoms with Crippen molar-refractivity contribution in [2.24, 2.45) is 11.8 Å². The van der Waals surface area contributed by atoms with Gasteiger partial charge in [0.1, 0.15) is 5.78 Å². The average Bonchev–Trinajstić information content (AvgIpc) is 3.52. The van der Waals surface area contributed by atoms with Crippen molar-refractivity contribution < 1.29 is 31.1 Å². The number of rotatable bonds is 8. The quantitative estimate of drug-likeness (QED) is 0.274. The number of carbonyl (C=O) groups is 1. The zero-order valence-corrected chi connectivity index (χ0v) is 18.9. The van der Waals surface area contributed by atoms with Crippen LogP contribution in [0.3, 0.4) is 0 Å². The van der Waals surface area contributed by atoms with Gasteiger partial charge in [0.15, 0.2) is 34.9 Å². The highest BCUT2D eigenvalue weighted by Crippen LogP contribution is 2.43. The van der Waals surface area contributed by atoms with Crippen LogP contribution in [0.5, 0.6) is 0 Å². The molecule has 2 aliphatic rings. The summed E-state index contributed by atoms with van der Waals surface area (Å²) in [6.07, 6.45) is 7.01. The Balaban J connectivity index is 1.59. The van der Waals surface area contributed by atoms with Crippen LogP contribution < -0.4 is 0 Å². The minimum absolute atomic E-state index is 0.00452. The summed E-state index contributed by atoms with van der Waals surface area (Å²) in [5.41, 5.74) is 0.515. The highest BCUT2D eigenvalue weighted by Gasteiger charge is 2.33. The third-order valence-corrected chi connectivity index (χ3v) is 7.70. The lowest BCUT2D eigenvalue weighted by atomic mass is 9.77. The Hall–Kier alpha value is -2.31. The maximum Gasteiger partial charge on any atom is 0.194 e. The van der Waals surface area contributed by atoms with Gasteiger partial charge in [-0.3, -0.25) is 4.79 Å². The van der Waals surface area contributed by atoms with Crippen molar-refractivity contribution in [2.45, 2.75) is 76.0 Å². The van der Waals surface area contributed by atoms with Gasteiger partial charge in [-0.15, -0.1) is 0 Å².